The van der Waals surface area contributed by atoms with E-state index in [1.54, 1.807) is 0 Å². The molecule has 104 valence electrons. The molecular weight excluding hydrogens is 304 g/mol. The van der Waals surface area contributed by atoms with Gasteiger partial charge in [0.25, 0.3) is 0 Å². The molecule has 0 aliphatic heterocycles. The molecule has 3 nitrogen and oxygen atoms in total. The first-order chi connectivity index (χ1) is 8.90. The van der Waals surface area contributed by atoms with Crippen LogP contribution in [0, 0.1) is 12.8 Å². The van der Waals surface area contributed by atoms with E-state index in [1.807, 2.05) is 32.0 Å². The number of benzene rings is 1. The van der Waals surface area contributed by atoms with E-state index in [0.717, 1.165) is 41.4 Å². The van der Waals surface area contributed by atoms with Gasteiger partial charge in [0.15, 0.2) is 0 Å². The molecule has 4 heteroatoms. The second-order valence-corrected chi connectivity index (χ2v) is 6.67. The number of amides is 1. The summed E-state index contributed by atoms with van der Waals surface area (Å²) in [5.41, 5.74) is 7.81. The Labute approximate surface area is 123 Å². The SMILES string of the molecule is Cc1cc(Br)ccc1NC(=O)C1CCCCC1(C)N. The van der Waals surface area contributed by atoms with Gasteiger partial charge in [0.05, 0.1) is 5.92 Å². The van der Waals surface area contributed by atoms with Gasteiger partial charge in [-0.15, -0.1) is 0 Å². The second-order valence-electron chi connectivity index (χ2n) is 5.75. The zero-order chi connectivity index (χ0) is 14.0. The number of hydrogen-bond donors (Lipinski definition) is 2. The van der Waals surface area contributed by atoms with Crippen LogP contribution in [0.4, 0.5) is 5.69 Å². The van der Waals surface area contributed by atoms with E-state index >= 15 is 0 Å². The third kappa shape index (κ3) is 3.37. The van der Waals surface area contributed by atoms with Gasteiger partial charge in [-0.05, 0) is 50.5 Å². The highest BCUT2D eigenvalue weighted by atomic mass is 79.9. The van der Waals surface area contributed by atoms with Crippen molar-refractivity contribution in [3.63, 3.8) is 0 Å². The minimum Gasteiger partial charge on any atom is -0.326 e. The first-order valence-corrected chi connectivity index (χ1v) is 7.55. The highest BCUT2D eigenvalue weighted by molar-refractivity contribution is 9.10. The van der Waals surface area contributed by atoms with Crippen LogP contribution in [0.5, 0.6) is 0 Å². The van der Waals surface area contributed by atoms with Crippen LogP contribution in [0.3, 0.4) is 0 Å². The van der Waals surface area contributed by atoms with E-state index in [-0.39, 0.29) is 17.4 Å². The molecule has 1 aliphatic carbocycles. The van der Waals surface area contributed by atoms with Crippen molar-refractivity contribution in [2.45, 2.75) is 45.1 Å². The Bertz CT molecular complexity index is 485. The molecule has 2 atom stereocenters. The summed E-state index contributed by atoms with van der Waals surface area (Å²) in [6, 6.07) is 5.86. The molecule has 0 saturated heterocycles. The number of rotatable bonds is 2. The molecule has 0 spiro atoms. The minimum absolute atomic E-state index is 0.0510. The van der Waals surface area contributed by atoms with Crippen molar-refractivity contribution in [2.75, 3.05) is 5.32 Å². The lowest BCUT2D eigenvalue weighted by Gasteiger charge is -2.37. The Kier molecular flexibility index (Phi) is 4.31. The predicted octanol–water partition coefficient (Wildman–Crippen LogP) is 3.60. The van der Waals surface area contributed by atoms with Crippen LogP contribution >= 0.6 is 15.9 Å². The summed E-state index contributed by atoms with van der Waals surface area (Å²) in [5.74, 6) is -0.0422. The molecule has 1 fully saturated rings. The standard InChI is InChI=1S/C15H21BrN2O/c1-10-9-11(16)6-7-13(10)18-14(19)12-5-3-4-8-15(12,2)17/h6-7,9,12H,3-5,8,17H2,1-2H3,(H,18,19). The van der Waals surface area contributed by atoms with Crippen molar-refractivity contribution < 1.29 is 4.79 Å². The molecule has 0 bridgehead atoms. The first kappa shape index (κ1) is 14.5. The quantitative estimate of drug-likeness (QED) is 0.873. The zero-order valence-electron chi connectivity index (χ0n) is 11.5. The van der Waals surface area contributed by atoms with E-state index < -0.39 is 0 Å². The molecule has 3 N–H and O–H groups in total. The lowest BCUT2D eigenvalue weighted by atomic mass is 9.74. The van der Waals surface area contributed by atoms with E-state index in [0.29, 0.717) is 0 Å². The maximum atomic E-state index is 12.4. The van der Waals surface area contributed by atoms with E-state index in [4.69, 9.17) is 5.73 Å². The second kappa shape index (κ2) is 5.63. The van der Waals surface area contributed by atoms with Crippen molar-refractivity contribution in [1.29, 1.82) is 0 Å². The van der Waals surface area contributed by atoms with Crippen LogP contribution in [0.15, 0.2) is 22.7 Å². The maximum Gasteiger partial charge on any atom is 0.229 e. The monoisotopic (exact) mass is 324 g/mol. The minimum atomic E-state index is -0.383. The lowest BCUT2D eigenvalue weighted by Crippen LogP contribution is -2.51. The van der Waals surface area contributed by atoms with Gasteiger partial charge in [-0.25, -0.2) is 0 Å². The molecular formula is C15H21BrN2O. The maximum absolute atomic E-state index is 12.4. The van der Waals surface area contributed by atoms with Crippen LogP contribution < -0.4 is 11.1 Å². The third-order valence-corrected chi connectivity index (χ3v) is 4.51. The molecule has 0 heterocycles. The molecule has 2 unspecified atom stereocenters. The number of anilines is 1. The zero-order valence-corrected chi connectivity index (χ0v) is 13.1. The van der Waals surface area contributed by atoms with Crippen molar-refractivity contribution in [3.8, 4) is 0 Å². The van der Waals surface area contributed by atoms with Crippen LogP contribution in [0.2, 0.25) is 0 Å². The molecule has 1 aromatic rings. The fraction of sp³-hybridized carbons (Fsp3) is 0.533. The third-order valence-electron chi connectivity index (χ3n) is 4.02. The van der Waals surface area contributed by atoms with Gasteiger partial charge in [-0.2, -0.15) is 0 Å². The molecule has 0 radical (unpaired) electrons. The smallest absolute Gasteiger partial charge is 0.229 e. The van der Waals surface area contributed by atoms with E-state index in [1.165, 1.54) is 0 Å². The lowest BCUT2D eigenvalue weighted by molar-refractivity contribution is -0.122. The first-order valence-electron chi connectivity index (χ1n) is 6.76. The molecule has 2 rings (SSSR count). The Hall–Kier alpha value is -0.870. The largest absolute Gasteiger partial charge is 0.326 e. The van der Waals surface area contributed by atoms with Gasteiger partial charge >= 0.3 is 0 Å². The summed E-state index contributed by atoms with van der Waals surface area (Å²) in [7, 11) is 0. The van der Waals surface area contributed by atoms with Gasteiger partial charge in [0.2, 0.25) is 5.91 Å². The van der Waals surface area contributed by atoms with Crippen LogP contribution in [-0.2, 0) is 4.79 Å². The summed E-state index contributed by atoms with van der Waals surface area (Å²) in [6.07, 6.45) is 4.01. The summed E-state index contributed by atoms with van der Waals surface area (Å²) in [4.78, 5) is 12.4. The van der Waals surface area contributed by atoms with Gasteiger partial charge in [-0.3, -0.25) is 4.79 Å². The normalized spacial score (nSPS) is 27.1. The van der Waals surface area contributed by atoms with Crippen LogP contribution in [0.1, 0.15) is 38.2 Å². The summed E-state index contributed by atoms with van der Waals surface area (Å²) >= 11 is 3.42. The number of aryl methyl sites for hydroxylation is 1. The molecule has 1 saturated carbocycles. The molecule has 1 aliphatic rings. The summed E-state index contributed by atoms with van der Waals surface area (Å²) < 4.78 is 1.02. The Morgan fingerprint density at radius 1 is 1.47 bits per heavy atom. The number of halogens is 1. The summed E-state index contributed by atoms with van der Waals surface area (Å²) in [5, 5.41) is 3.02. The Morgan fingerprint density at radius 2 is 2.21 bits per heavy atom. The van der Waals surface area contributed by atoms with Crippen LogP contribution in [-0.4, -0.2) is 11.4 Å². The highest BCUT2D eigenvalue weighted by Crippen LogP contribution is 2.32. The van der Waals surface area contributed by atoms with Gasteiger partial charge in [0.1, 0.15) is 0 Å². The average Bonchev–Trinajstić information content (AvgIpc) is 2.32. The van der Waals surface area contributed by atoms with Gasteiger partial charge in [-0.1, -0.05) is 28.8 Å². The van der Waals surface area contributed by atoms with Crippen molar-refractivity contribution in [3.05, 3.63) is 28.2 Å². The number of carbonyl (C=O) groups excluding carboxylic acids is 1. The topological polar surface area (TPSA) is 55.1 Å². The fourth-order valence-corrected chi connectivity index (χ4v) is 3.25. The van der Waals surface area contributed by atoms with Crippen molar-refractivity contribution in [2.24, 2.45) is 11.7 Å². The number of nitrogens with two attached hydrogens (primary N) is 1. The van der Waals surface area contributed by atoms with Gasteiger partial charge in [0, 0.05) is 15.7 Å². The molecule has 19 heavy (non-hydrogen) atoms. The highest BCUT2D eigenvalue weighted by Gasteiger charge is 2.37. The Morgan fingerprint density at radius 3 is 2.84 bits per heavy atom. The summed E-state index contributed by atoms with van der Waals surface area (Å²) in [6.45, 7) is 3.98. The average molecular weight is 325 g/mol. The van der Waals surface area contributed by atoms with Crippen LogP contribution in [0.25, 0.3) is 0 Å². The van der Waals surface area contributed by atoms with E-state index in [9.17, 15) is 4.79 Å². The number of hydrogen-bond acceptors (Lipinski definition) is 2. The number of carbonyl (C=O) groups is 1. The molecule has 1 aromatic carbocycles. The van der Waals surface area contributed by atoms with Gasteiger partial charge < -0.3 is 11.1 Å². The van der Waals surface area contributed by atoms with Crippen molar-refractivity contribution in [1.82, 2.24) is 0 Å². The molecule has 1 amide bonds. The predicted molar refractivity (Wildman–Crippen MR) is 82.1 cm³/mol. The molecule has 0 aromatic heterocycles. The number of nitrogens with one attached hydrogen (secondary N) is 1. The van der Waals surface area contributed by atoms with E-state index in [2.05, 4.69) is 21.2 Å². The van der Waals surface area contributed by atoms with Crippen molar-refractivity contribution >= 4 is 27.5 Å². The Balaban J connectivity index is 2.12. The fourth-order valence-electron chi connectivity index (χ4n) is 2.78.